The Kier molecular flexibility index (Phi) is 8.22. The molecule has 2 heterocycles. The lowest BCUT2D eigenvalue weighted by Crippen LogP contribution is -2.39. The van der Waals surface area contributed by atoms with Crippen molar-refractivity contribution in [3.05, 3.63) is 71.4 Å². The third-order valence-corrected chi connectivity index (χ3v) is 5.96. The number of hydrogen-bond donors (Lipinski definition) is 1. The van der Waals surface area contributed by atoms with Crippen molar-refractivity contribution < 1.29 is 41.7 Å². The Morgan fingerprint density at radius 1 is 1.10 bits per heavy atom. The molecule has 0 saturated carbocycles. The number of carbonyl (C=O) groups is 2. The van der Waals surface area contributed by atoms with Gasteiger partial charge in [-0.2, -0.15) is 13.2 Å². The van der Waals surface area contributed by atoms with Gasteiger partial charge in [0.25, 0.3) is 5.91 Å². The van der Waals surface area contributed by atoms with Crippen LogP contribution in [-0.2, 0) is 17.4 Å². The first-order chi connectivity index (χ1) is 18.8. The number of hydrogen-bond acceptors (Lipinski definition) is 7. The van der Waals surface area contributed by atoms with Crippen LogP contribution in [0.5, 0.6) is 28.9 Å². The van der Waals surface area contributed by atoms with Gasteiger partial charge in [-0.05, 0) is 70.2 Å². The number of Topliss-reactive ketones (excluding diaryl/α,β-unsaturated/α-hetero) is 1. The number of rotatable bonds is 10. The van der Waals surface area contributed by atoms with Crippen molar-refractivity contribution in [2.24, 2.45) is 0 Å². The van der Waals surface area contributed by atoms with Gasteiger partial charge >= 0.3 is 6.18 Å². The van der Waals surface area contributed by atoms with Crippen LogP contribution < -0.4 is 24.3 Å². The molecule has 2 aromatic carbocycles. The fourth-order valence-corrected chi connectivity index (χ4v) is 4.09. The van der Waals surface area contributed by atoms with Crippen LogP contribution >= 0.6 is 0 Å². The van der Waals surface area contributed by atoms with Crippen LogP contribution in [0, 0.1) is 0 Å². The summed E-state index contributed by atoms with van der Waals surface area (Å²) in [5, 5.41) is 2.60. The molecule has 0 bridgehead atoms. The van der Waals surface area contributed by atoms with E-state index in [-0.39, 0.29) is 18.2 Å². The number of halogens is 3. The fraction of sp³-hybridized carbons (Fsp3) is 0.345. The summed E-state index contributed by atoms with van der Waals surface area (Å²) in [6.07, 6.45) is -4.08. The molecule has 0 radical (unpaired) electrons. The summed E-state index contributed by atoms with van der Waals surface area (Å²) in [7, 11) is 0. The SMILES string of the molecule is CCOc1cc(C(=O)CNC(=O)[C@@H](C)Oc2ccc(Oc3ccc(C(F)(F)F)cn3)cc2)cc2c1OC(C)(C)C2. The van der Waals surface area contributed by atoms with Gasteiger partial charge in [-0.25, -0.2) is 4.98 Å². The zero-order chi connectivity index (χ0) is 29.1. The van der Waals surface area contributed by atoms with Gasteiger partial charge in [0.1, 0.15) is 17.1 Å². The highest BCUT2D eigenvalue weighted by Crippen LogP contribution is 2.43. The van der Waals surface area contributed by atoms with E-state index in [0.29, 0.717) is 47.8 Å². The van der Waals surface area contributed by atoms with Crippen molar-refractivity contribution >= 4 is 11.7 Å². The van der Waals surface area contributed by atoms with Gasteiger partial charge < -0.3 is 24.3 Å². The fourth-order valence-electron chi connectivity index (χ4n) is 4.09. The van der Waals surface area contributed by atoms with E-state index in [9.17, 15) is 22.8 Å². The van der Waals surface area contributed by atoms with Crippen molar-refractivity contribution in [3.8, 4) is 28.9 Å². The summed E-state index contributed by atoms with van der Waals surface area (Å²) in [6, 6.07) is 11.5. The topological polar surface area (TPSA) is 96.0 Å². The summed E-state index contributed by atoms with van der Waals surface area (Å²) < 4.78 is 60.8. The van der Waals surface area contributed by atoms with Crippen molar-refractivity contribution in [2.45, 2.75) is 52.0 Å². The predicted molar refractivity (Wildman–Crippen MR) is 139 cm³/mol. The molecule has 212 valence electrons. The lowest BCUT2D eigenvalue weighted by Gasteiger charge is -2.18. The number of nitrogens with zero attached hydrogens (tertiary/aromatic N) is 1. The predicted octanol–water partition coefficient (Wildman–Crippen LogP) is 5.77. The minimum Gasteiger partial charge on any atom is -0.490 e. The molecule has 11 heteroatoms. The Morgan fingerprint density at radius 3 is 2.42 bits per heavy atom. The number of fused-ring (bicyclic) bond motifs is 1. The molecule has 3 aromatic rings. The van der Waals surface area contributed by atoms with Crippen LogP contribution in [0.2, 0.25) is 0 Å². The summed E-state index contributed by atoms with van der Waals surface area (Å²) >= 11 is 0. The maximum absolute atomic E-state index is 12.9. The Bertz CT molecular complexity index is 1370. The average molecular weight is 559 g/mol. The second-order valence-corrected chi connectivity index (χ2v) is 9.79. The normalized spacial score (nSPS) is 14.5. The molecular formula is C29H29F3N2O6. The summed E-state index contributed by atoms with van der Waals surface area (Å²) in [4.78, 5) is 29.1. The van der Waals surface area contributed by atoms with Crippen molar-refractivity contribution in [3.63, 3.8) is 0 Å². The minimum atomic E-state index is -4.48. The molecule has 8 nitrogen and oxygen atoms in total. The van der Waals surface area contributed by atoms with E-state index in [4.69, 9.17) is 18.9 Å². The highest BCUT2D eigenvalue weighted by molar-refractivity contribution is 6.00. The van der Waals surface area contributed by atoms with Gasteiger partial charge in [-0.1, -0.05) is 0 Å². The van der Waals surface area contributed by atoms with Crippen LogP contribution in [0.25, 0.3) is 0 Å². The van der Waals surface area contributed by atoms with E-state index in [1.54, 1.807) is 19.1 Å². The van der Waals surface area contributed by atoms with Gasteiger partial charge in [-0.3, -0.25) is 9.59 Å². The van der Waals surface area contributed by atoms with Gasteiger partial charge in [0.2, 0.25) is 5.88 Å². The molecule has 1 aliphatic heterocycles. The van der Waals surface area contributed by atoms with E-state index in [1.165, 1.54) is 24.3 Å². The van der Waals surface area contributed by atoms with Gasteiger partial charge in [-0.15, -0.1) is 0 Å². The summed E-state index contributed by atoms with van der Waals surface area (Å²) in [5.41, 5.74) is 0.0124. The monoisotopic (exact) mass is 558 g/mol. The van der Waals surface area contributed by atoms with E-state index in [0.717, 1.165) is 17.7 Å². The second kappa shape index (κ2) is 11.4. The summed E-state index contributed by atoms with van der Waals surface area (Å²) in [6.45, 7) is 7.50. The van der Waals surface area contributed by atoms with Crippen LogP contribution in [0.3, 0.4) is 0 Å². The molecule has 4 rings (SSSR count). The van der Waals surface area contributed by atoms with Crippen LogP contribution in [0.4, 0.5) is 13.2 Å². The highest BCUT2D eigenvalue weighted by atomic mass is 19.4. The smallest absolute Gasteiger partial charge is 0.417 e. The lowest BCUT2D eigenvalue weighted by molar-refractivity contribution is -0.137. The van der Waals surface area contributed by atoms with E-state index in [2.05, 4.69) is 10.3 Å². The highest BCUT2D eigenvalue weighted by Gasteiger charge is 2.34. The Hall–Kier alpha value is -4.28. The van der Waals surface area contributed by atoms with Crippen LogP contribution in [-0.4, -0.2) is 41.5 Å². The molecule has 1 amide bonds. The third-order valence-electron chi connectivity index (χ3n) is 5.96. The quantitative estimate of drug-likeness (QED) is 0.316. The molecule has 0 aliphatic carbocycles. The number of ether oxygens (including phenoxy) is 4. The maximum atomic E-state index is 12.9. The minimum absolute atomic E-state index is 0.00734. The molecular weight excluding hydrogens is 529 g/mol. The van der Waals surface area contributed by atoms with Gasteiger partial charge in [0, 0.05) is 29.8 Å². The van der Waals surface area contributed by atoms with Crippen LogP contribution in [0.15, 0.2) is 54.7 Å². The molecule has 0 saturated heterocycles. The van der Waals surface area contributed by atoms with E-state index >= 15 is 0 Å². The maximum Gasteiger partial charge on any atom is 0.417 e. The molecule has 1 N–H and O–H groups in total. The molecule has 0 unspecified atom stereocenters. The number of alkyl halides is 3. The number of aromatic nitrogens is 1. The number of carbonyl (C=O) groups excluding carboxylic acids is 2. The Labute approximate surface area is 229 Å². The first-order valence-electron chi connectivity index (χ1n) is 12.6. The second-order valence-electron chi connectivity index (χ2n) is 9.79. The first-order valence-corrected chi connectivity index (χ1v) is 12.6. The average Bonchev–Trinajstić information content (AvgIpc) is 3.22. The number of amides is 1. The molecule has 1 atom stereocenters. The van der Waals surface area contributed by atoms with Crippen molar-refractivity contribution in [2.75, 3.05) is 13.2 Å². The van der Waals surface area contributed by atoms with Gasteiger partial charge in [0.15, 0.2) is 23.4 Å². The van der Waals surface area contributed by atoms with Crippen molar-refractivity contribution in [1.82, 2.24) is 10.3 Å². The van der Waals surface area contributed by atoms with Gasteiger partial charge in [0.05, 0.1) is 18.7 Å². The lowest BCUT2D eigenvalue weighted by atomic mass is 9.98. The Morgan fingerprint density at radius 2 is 1.80 bits per heavy atom. The molecule has 1 aromatic heterocycles. The molecule has 0 fully saturated rings. The number of pyridine rings is 1. The zero-order valence-electron chi connectivity index (χ0n) is 22.4. The molecule has 0 spiro atoms. The summed E-state index contributed by atoms with van der Waals surface area (Å²) in [5.74, 6) is 1.03. The standard InChI is InChI=1S/C29H29F3N2O6/c1-5-37-24-13-18(12-19-14-28(3,4)40-26(19)24)23(35)16-34-27(36)17(2)38-21-7-9-22(10-8-21)39-25-11-6-20(15-33-25)29(30,31)32/h6-13,15,17H,5,14,16H2,1-4H3,(H,34,36)/t17-/m1/s1. The zero-order valence-corrected chi connectivity index (χ0v) is 22.4. The Balaban J connectivity index is 1.30. The number of ketones is 1. The number of benzene rings is 2. The van der Waals surface area contributed by atoms with E-state index < -0.39 is 29.4 Å². The van der Waals surface area contributed by atoms with E-state index in [1.807, 2.05) is 20.8 Å². The largest absolute Gasteiger partial charge is 0.490 e. The molecule has 1 aliphatic rings. The number of nitrogens with one attached hydrogen (secondary N) is 1. The first kappa shape index (κ1) is 28.7. The van der Waals surface area contributed by atoms with Crippen molar-refractivity contribution in [1.29, 1.82) is 0 Å². The third kappa shape index (κ3) is 7.02. The van der Waals surface area contributed by atoms with Crippen LogP contribution in [0.1, 0.15) is 49.2 Å². The molecule has 40 heavy (non-hydrogen) atoms.